The molecule has 0 saturated heterocycles. The number of fused-ring (bicyclic) bond motifs is 1. The molecule has 1 aliphatic rings. The van der Waals surface area contributed by atoms with Crippen LogP contribution in [0.15, 0.2) is 77.8 Å². The van der Waals surface area contributed by atoms with E-state index in [1.165, 1.54) is 6.39 Å². The van der Waals surface area contributed by atoms with E-state index in [0.29, 0.717) is 47.8 Å². The van der Waals surface area contributed by atoms with Gasteiger partial charge in [0, 0.05) is 24.3 Å². The number of pyridine rings is 1. The summed E-state index contributed by atoms with van der Waals surface area (Å²) < 4.78 is 13.4. The van der Waals surface area contributed by atoms with Crippen LogP contribution < -0.4 is 4.74 Å². The zero-order chi connectivity index (χ0) is 27.6. The van der Waals surface area contributed by atoms with Crippen molar-refractivity contribution in [3.63, 3.8) is 0 Å². The van der Waals surface area contributed by atoms with Crippen LogP contribution in [-0.2, 0) is 19.7 Å². The van der Waals surface area contributed by atoms with Crippen molar-refractivity contribution in [3.05, 3.63) is 112 Å². The Bertz CT molecular complexity index is 1730. The second-order valence-electron chi connectivity index (χ2n) is 9.40. The molecule has 40 heavy (non-hydrogen) atoms. The minimum atomic E-state index is -0.986. The lowest BCUT2D eigenvalue weighted by atomic mass is 10.1. The Labute approximate surface area is 239 Å². The summed E-state index contributed by atoms with van der Waals surface area (Å²) >= 11 is 12.2. The number of aromatic nitrogens is 4. The molecule has 0 spiro atoms. The van der Waals surface area contributed by atoms with Crippen molar-refractivity contribution in [3.8, 4) is 5.75 Å². The van der Waals surface area contributed by atoms with Crippen LogP contribution in [0, 0.1) is 0 Å². The van der Waals surface area contributed by atoms with Crippen LogP contribution in [0.25, 0.3) is 16.6 Å². The quantitative estimate of drug-likeness (QED) is 0.230. The largest absolute Gasteiger partial charge is 0.487 e. The van der Waals surface area contributed by atoms with Gasteiger partial charge in [-0.1, -0.05) is 29.3 Å². The van der Waals surface area contributed by atoms with Crippen LogP contribution >= 0.6 is 23.2 Å². The summed E-state index contributed by atoms with van der Waals surface area (Å²) in [4.78, 5) is 27.3. The summed E-state index contributed by atoms with van der Waals surface area (Å²) in [6.07, 6.45) is 6.96. The highest BCUT2D eigenvalue weighted by molar-refractivity contribution is 6.35. The van der Waals surface area contributed by atoms with Crippen molar-refractivity contribution in [2.75, 3.05) is 13.1 Å². The molecule has 0 unspecified atom stereocenters. The SMILES string of the molecule is O=C(O)c1ccc2nc(CN3CC=C(c4cc(COc5ccc(Cl)cc5Cl)ccn4)C3)n(Cc3cnco3)c2c1. The lowest BCUT2D eigenvalue weighted by Crippen LogP contribution is -2.23. The summed E-state index contributed by atoms with van der Waals surface area (Å²) in [5, 5.41) is 10.5. The van der Waals surface area contributed by atoms with Crippen molar-refractivity contribution in [1.29, 1.82) is 0 Å². The van der Waals surface area contributed by atoms with Gasteiger partial charge in [0.25, 0.3) is 0 Å². The van der Waals surface area contributed by atoms with Crippen molar-refractivity contribution < 1.29 is 19.1 Å². The maximum atomic E-state index is 11.6. The molecule has 0 radical (unpaired) electrons. The van der Waals surface area contributed by atoms with Crippen molar-refractivity contribution in [1.82, 2.24) is 24.4 Å². The number of hydrogen-bond donors (Lipinski definition) is 1. The van der Waals surface area contributed by atoms with E-state index in [4.69, 9.17) is 37.3 Å². The Morgan fingerprint density at radius 2 is 2.00 bits per heavy atom. The number of benzene rings is 2. The van der Waals surface area contributed by atoms with Crippen LogP contribution in [0.1, 0.15) is 33.2 Å². The molecular formula is C29H23Cl2N5O4. The van der Waals surface area contributed by atoms with Gasteiger partial charge in [-0.2, -0.15) is 0 Å². The summed E-state index contributed by atoms with van der Waals surface area (Å²) in [6, 6.07) is 14.0. The molecule has 3 aromatic heterocycles. The van der Waals surface area contributed by atoms with Gasteiger partial charge in [-0.3, -0.25) is 9.88 Å². The van der Waals surface area contributed by atoms with Crippen LogP contribution in [-0.4, -0.2) is 48.6 Å². The number of carbonyl (C=O) groups is 1. The van der Waals surface area contributed by atoms with Gasteiger partial charge in [0.1, 0.15) is 23.9 Å². The van der Waals surface area contributed by atoms with Crippen LogP contribution in [0.3, 0.4) is 0 Å². The van der Waals surface area contributed by atoms with Crippen molar-refractivity contribution in [2.24, 2.45) is 0 Å². The number of oxazole rings is 1. The molecule has 6 rings (SSSR count). The summed E-state index contributed by atoms with van der Waals surface area (Å²) in [5.74, 6) is 1.04. The van der Waals surface area contributed by atoms with Gasteiger partial charge >= 0.3 is 5.97 Å². The molecule has 5 aromatic rings. The van der Waals surface area contributed by atoms with E-state index in [1.54, 1.807) is 48.8 Å². The second-order valence-corrected chi connectivity index (χ2v) is 10.2. The molecule has 4 heterocycles. The van der Waals surface area contributed by atoms with E-state index < -0.39 is 5.97 Å². The summed E-state index contributed by atoms with van der Waals surface area (Å²) in [6.45, 7) is 2.71. The Hall–Kier alpha value is -4.18. The van der Waals surface area contributed by atoms with E-state index in [-0.39, 0.29) is 5.56 Å². The highest BCUT2D eigenvalue weighted by atomic mass is 35.5. The van der Waals surface area contributed by atoms with Gasteiger partial charge in [-0.15, -0.1) is 0 Å². The molecule has 11 heteroatoms. The molecule has 9 nitrogen and oxygen atoms in total. The Morgan fingerprint density at radius 1 is 1.10 bits per heavy atom. The minimum absolute atomic E-state index is 0.205. The summed E-state index contributed by atoms with van der Waals surface area (Å²) in [7, 11) is 0. The first-order chi connectivity index (χ1) is 19.4. The number of imidazole rings is 1. The third kappa shape index (κ3) is 5.58. The van der Waals surface area contributed by atoms with E-state index in [0.717, 1.165) is 40.2 Å². The van der Waals surface area contributed by atoms with Gasteiger partial charge in [-0.05, 0) is 59.7 Å². The molecular weight excluding hydrogens is 553 g/mol. The number of rotatable bonds is 9. The van der Waals surface area contributed by atoms with Crippen molar-refractivity contribution >= 4 is 45.8 Å². The highest BCUT2D eigenvalue weighted by Gasteiger charge is 2.21. The van der Waals surface area contributed by atoms with Gasteiger partial charge < -0.3 is 18.8 Å². The second kappa shape index (κ2) is 11.1. The fourth-order valence-corrected chi connectivity index (χ4v) is 5.15. The monoisotopic (exact) mass is 575 g/mol. The third-order valence-corrected chi connectivity index (χ3v) is 7.20. The Morgan fingerprint density at radius 3 is 2.80 bits per heavy atom. The predicted molar refractivity (Wildman–Crippen MR) is 151 cm³/mol. The number of halogens is 2. The maximum absolute atomic E-state index is 11.6. The number of aromatic carboxylic acids is 1. The first kappa shape index (κ1) is 26.1. The molecule has 0 amide bonds. The lowest BCUT2D eigenvalue weighted by Gasteiger charge is -2.17. The predicted octanol–water partition coefficient (Wildman–Crippen LogP) is 5.95. The number of nitrogens with zero attached hydrogens (tertiary/aromatic N) is 5. The van der Waals surface area contributed by atoms with E-state index in [1.807, 2.05) is 16.7 Å². The van der Waals surface area contributed by atoms with Crippen LogP contribution in [0.4, 0.5) is 0 Å². The number of carboxylic acid groups (broad SMARTS) is 1. The molecule has 202 valence electrons. The summed E-state index contributed by atoms with van der Waals surface area (Å²) in [5.41, 5.74) is 4.62. The fourth-order valence-electron chi connectivity index (χ4n) is 4.69. The maximum Gasteiger partial charge on any atom is 0.335 e. The minimum Gasteiger partial charge on any atom is -0.487 e. The van der Waals surface area contributed by atoms with Gasteiger partial charge in [0.15, 0.2) is 6.39 Å². The molecule has 0 atom stereocenters. The Kier molecular flexibility index (Phi) is 7.25. The topological polar surface area (TPSA) is 107 Å². The Balaban J connectivity index is 1.18. The average Bonchev–Trinajstić information content (AvgIpc) is 3.70. The molecule has 2 aromatic carbocycles. The number of carboxylic acids is 1. The normalized spacial score (nSPS) is 13.6. The van der Waals surface area contributed by atoms with Crippen molar-refractivity contribution in [2.45, 2.75) is 19.7 Å². The lowest BCUT2D eigenvalue weighted by molar-refractivity contribution is 0.0697. The first-order valence-corrected chi connectivity index (χ1v) is 13.2. The van der Waals surface area contributed by atoms with Gasteiger partial charge in [0.2, 0.25) is 0 Å². The molecule has 0 aliphatic carbocycles. The fraction of sp³-hybridized carbons (Fsp3) is 0.172. The molecule has 1 aliphatic heterocycles. The zero-order valence-electron chi connectivity index (χ0n) is 21.1. The average molecular weight is 576 g/mol. The molecule has 1 N–H and O–H groups in total. The zero-order valence-corrected chi connectivity index (χ0v) is 22.6. The molecule has 0 fully saturated rings. The third-order valence-electron chi connectivity index (χ3n) is 6.67. The van der Waals surface area contributed by atoms with Crippen LogP contribution in [0.5, 0.6) is 5.75 Å². The van der Waals surface area contributed by atoms with E-state index >= 15 is 0 Å². The van der Waals surface area contributed by atoms with Gasteiger partial charge in [-0.25, -0.2) is 14.8 Å². The highest BCUT2D eigenvalue weighted by Crippen LogP contribution is 2.29. The first-order valence-electron chi connectivity index (χ1n) is 12.5. The number of ether oxygens (including phenoxy) is 1. The van der Waals surface area contributed by atoms with Gasteiger partial charge in [0.05, 0.1) is 46.6 Å². The van der Waals surface area contributed by atoms with Crippen LogP contribution in [0.2, 0.25) is 10.0 Å². The molecule has 0 bridgehead atoms. The standard InChI is InChI=1S/C29H23Cl2N5O4/c30-21-2-4-27(23(31)11-21)39-16-18-5-7-33-25(9-18)20-6-8-35(13-20)15-28-34-24-3-1-19(29(37)38)10-26(24)36(28)14-22-12-32-17-40-22/h1-7,9-12,17H,8,13-16H2,(H,37,38). The molecule has 0 saturated carbocycles. The smallest absolute Gasteiger partial charge is 0.335 e. The van der Waals surface area contributed by atoms with E-state index in [2.05, 4.69) is 20.9 Å². The number of hydrogen-bond acceptors (Lipinski definition) is 7. The van der Waals surface area contributed by atoms with E-state index in [9.17, 15) is 9.90 Å².